The van der Waals surface area contributed by atoms with Gasteiger partial charge in [-0.25, -0.2) is 19.7 Å². The summed E-state index contributed by atoms with van der Waals surface area (Å²) in [5.74, 6) is 1.29. The standard InChI is InChI=1S/C26H19F3N8O2/c1-30-24-34-14-33-22(37-24)18-8-4-12-32-23(18)39-20-10-9-19(17-7-3-11-31-21(17)20)36-25(38)35-16-6-2-5-15(13-16)26(27,28)29/h2-14H,1H3,(H2,35,36,38)(H,30,33,34,37). The molecule has 0 saturated heterocycles. The molecule has 0 radical (unpaired) electrons. The van der Waals surface area contributed by atoms with Gasteiger partial charge in [0.2, 0.25) is 11.8 Å². The number of pyridine rings is 2. The minimum Gasteiger partial charge on any atom is -0.436 e. The number of alkyl halides is 3. The zero-order chi connectivity index (χ0) is 27.4. The Morgan fingerprint density at radius 1 is 0.897 bits per heavy atom. The fourth-order valence-corrected chi connectivity index (χ4v) is 3.69. The van der Waals surface area contributed by atoms with E-state index in [1.54, 1.807) is 55.8 Å². The van der Waals surface area contributed by atoms with E-state index in [2.05, 4.69) is 40.9 Å². The Labute approximate surface area is 219 Å². The second kappa shape index (κ2) is 10.6. The van der Waals surface area contributed by atoms with Crippen LogP contribution in [0.2, 0.25) is 0 Å². The molecular formula is C26H19F3N8O2. The number of ether oxygens (including phenoxy) is 1. The van der Waals surface area contributed by atoms with Crippen LogP contribution in [0.1, 0.15) is 5.56 Å². The summed E-state index contributed by atoms with van der Waals surface area (Å²) in [6, 6.07) is 13.7. The van der Waals surface area contributed by atoms with Crippen LogP contribution in [-0.2, 0) is 6.18 Å². The summed E-state index contributed by atoms with van der Waals surface area (Å²) in [5.41, 5.74) is 0.421. The van der Waals surface area contributed by atoms with Crippen molar-refractivity contribution in [3.05, 3.63) is 84.9 Å². The normalized spacial score (nSPS) is 11.2. The van der Waals surface area contributed by atoms with Crippen LogP contribution in [0.5, 0.6) is 11.6 Å². The molecular weight excluding hydrogens is 513 g/mol. The van der Waals surface area contributed by atoms with Gasteiger partial charge in [0, 0.05) is 30.5 Å². The van der Waals surface area contributed by atoms with Crippen molar-refractivity contribution in [2.45, 2.75) is 6.18 Å². The molecule has 0 unspecified atom stereocenters. The molecule has 39 heavy (non-hydrogen) atoms. The molecule has 2 amide bonds. The van der Waals surface area contributed by atoms with Crippen molar-refractivity contribution in [1.29, 1.82) is 0 Å². The minimum absolute atomic E-state index is 0.00727. The Morgan fingerprint density at radius 3 is 2.54 bits per heavy atom. The van der Waals surface area contributed by atoms with Crippen LogP contribution in [0, 0.1) is 0 Å². The number of benzene rings is 2. The van der Waals surface area contributed by atoms with Gasteiger partial charge in [-0.1, -0.05) is 6.07 Å². The number of nitrogens with one attached hydrogen (secondary N) is 3. The Morgan fingerprint density at radius 2 is 1.72 bits per heavy atom. The Bertz CT molecular complexity index is 1660. The van der Waals surface area contributed by atoms with Crippen molar-refractivity contribution in [2.75, 3.05) is 23.0 Å². The molecule has 3 aromatic heterocycles. The number of aromatic nitrogens is 5. The summed E-state index contributed by atoms with van der Waals surface area (Å²) < 4.78 is 45.2. The van der Waals surface area contributed by atoms with Crippen molar-refractivity contribution >= 4 is 34.3 Å². The first kappa shape index (κ1) is 25.3. The first-order valence-electron chi connectivity index (χ1n) is 11.4. The number of hydrogen-bond acceptors (Lipinski definition) is 8. The van der Waals surface area contributed by atoms with E-state index in [9.17, 15) is 18.0 Å². The molecule has 13 heteroatoms. The number of fused-ring (bicyclic) bond motifs is 1. The molecule has 3 heterocycles. The first-order chi connectivity index (χ1) is 18.8. The molecule has 0 spiro atoms. The summed E-state index contributed by atoms with van der Waals surface area (Å²) in [7, 11) is 1.69. The van der Waals surface area contributed by atoms with E-state index in [1.807, 2.05) is 0 Å². The molecule has 0 atom stereocenters. The lowest BCUT2D eigenvalue weighted by Gasteiger charge is -2.14. The molecule has 2 aromatic carbocycles. The number of carbonyl (C=O) groups is 1. The number of rotatable bonds is 6. The van der Waals surface area contributed by atoms with Gasteiger partial charge in [-0.05, 0) is 54.6 Å². The van der Waals surface area contributed by atoms with Crippen molar-refractivity contribution in [2.24, 2.45) is 0 Å². The van der Waals surface area contributed by atoms with Crippen molar-refractivity contribution in [1.82, 2.24) is 24.9 Å². The molecule has 5 rings (SSSR count). The van der Waals surface area contributed by atoms with Crippen molar-refractivity contribution in [3.8, 4) is 23.0 Å². The SMILES string of the molecule is CNc1ncnc(-c2cccnc2Oc2ccc(NC(=O)Nc3cccc(C(F)(F)F)c3)c3cccnc23)n1. The Kier molecular flexibility index (Phi) is 6.87. The average Bonchev–Trinajstić information content (AvgIpc) is 2.94. The molecule has 0 fully saturated rings. The van der Waals surface area contributed by atoms with Crippen molar-refractivity contribution in [3.63, 3.8) is 0 Å². The van der Waals surface area contributed by atoms with E-state index in [0.29, 0.717) is 39.7 Å². The Balaban J connectivity index is 1.42. The number of hydrogen-bond donors (Lipinski definition) is 3. The summed E-state index contributed by atoms with van der Waals surface area (Å²) in [4.78, 5) is 33.9. The first-order valence-corrected chi connectivity index (χ1v) is 11.4. The van der Waals surface area contributed by atoms with Crippen LogP contribution in [-0.4, -0.2) is 38.0 Å². The molecule has 5 aromatic rings. The molecule has 10 nitrogen and oxygen atoms in total. The minimum atomic E-state index is -4.53. The predicted molar refractivity (Wildman–Crippen MR) is 139 cm³/mol. The van der Waals surface area contributed by atoms with Crippen LogP contribution >= 0.6 is 0 Å². The fourth-order valence-electron chi connectivity index (χ4n) is 3.69. The number of halogens is 3. The van der Waals surface area contributed by atoms with E-state index in [1.165, 1.54) is 18.5 Å². The van der Waals surface area contributed by atoms with Crippen LogP contribution in [0.4, 0.5) is 35.3 Å². The maximum Gasteiger partial charge on any atom is 0.416 e. The van der Waals surface area contributed by atoms with Gasteiger partial charge in [-0.15, -0.1) is 0 Å². The van der Waals surface area contributed by atoms with Gasteiger partial charge < -0.3 is 20.7 Å². The van der Waals surface area contributed by atoms with Gasteiger partial charge in [-0.2, -0.15) is 18.2 Å². The molecule has 0 aliphatic rings. The fraction of sp³-hybridized carbons (Fsp3) is 0.0769. The highest BCUT2D eigenvalue weighted by molar-refractivity contribution is 6.06. The molecule has 0 aliphatic carbocycles. The second-order valence-corrected chi connectivity index (χ2v) is 8.01. The summed E-state index contributed by atoms with van der Waals surface area (Å²) in [5, 5.41) is 8.46. The summed E-state index contributed by atoms with van der Waals surface area (Å²) in [6.45, 7) is 0. The van der Waals surface area contributed by atoms with Crippen LogP contribution in [0.3, 0.4) is 0 Å². The van der Waals surface area contributed by atoms with E-state index in [0.717, 1.165) is 12.1 Å². The van der Waals surface area contributed by atoms with E-state index in [-0.39, 0.29) is 11.6 Å². The lowest BCUT2D eigenvalue weighted by atomic mass is 10.1. The van der Waals surface area contributed by atoms with Gasteiger partial charge in [0.05, 0.1) is 16.8 Å². The molecule has 0 bridgehead atoms. The highest BCUT2D eigenvalue weighted by Crippen LogP contribution is 2.36. The lowest BCUT2D eigenvalue weighted by molar-refractivity contribution is -0.137. The third-order valence-electron chi connectivity index (χ3n) is 5.44. The quantitative estimate of drug-likeness (QED) is 0.244. The van der Waals surface area contributed by atoms with Gasteiger partial charge in [0.25, 0.3) is 0 Å². The monoisotopic (exact) mass is 532 g/mol. The second-order valence-electron chi connectivity index (χ2n) is 8.01. The van der Waals surface area contributed by atoms with Crippen molar-refractivity contribution < 1.29 is 22.7 Å². The number of urea groups is 1. The Hall–Kier alpha value is -5.33. The highest BCUT2D eigenvalue weighted by Gasteiger charge is 2.30. The van der Waals surface area contributed by atoms with E-state index in [4.69, 9.17) is 4.74 Å². The lowest BCUT2D eigenvalue weighted by Crippen LogP contribution is -2.20. The van der Waals surface area contributed by atoms with Gasteiger partial charge >= 0.3 is 12.2 Å². The maximum atomic E-state index is 13.0. The van der Waals surface area contributed by atoms with E-state index >= 15 is 0 Å². The highest BCUT2D eigenvalue weighted by atomic mass is 19.4. The summed E-state index contributed by atoms with van der Waals surface area (Å²) in [6.07, 6.45) is -0.0420. The van der Waals surface area contributed by atoms with Gasteiger partial charge in [0.15, 0.2) is 11.6 Å². The zero-order valence-corrected chi connectivity index (χ0v) is 20.2. The zero-order valence-electron chi connectivity index (χ0n) is 20.2. The molecule has 0 aliphatic heterocycles. The van der Waals surface area contributed by atoms with Crippen LogP contribution < -0.4 is 20.7 Å². The summed E-state index contributed by atoms with van der Waals surface area (Å²) >= 11 is 0. The molecule has 0 saturated carbocycles. The number of nitrogens with zero attached hydrogens (tertiary/aromatic N) is 5. The molecule has 3 N–H and O–H groups in total. The smallest absolute Gasteiger partial charge is 0.416 e. The van der Waals surface area contributed by atoms with E-state index < -0.39 is 17.8 Å². The van der Waals surface area contributed by atoms with Crippen LogP contribution in [0.15, 0.2) is 79.4 Å². The number of amides is 2. The topological polar surface area (TPSA) is 127 Å². The number of anilines is 3. The largest absolute Gasteiger partial charge is 0.436 e. The van der Waals surface area contributed by atoms with Gasteiger partial charge in [0.1, 0.15) is 11.8 Å². The third kappa shape index (κ3) is 5.66. The molecule has 196 valence electrons. The maximum absolute atomic E-state index is 13.0. The number of carbonyl (C=O) groups excluding carboxylic acids is 1. The predicted octanol–water partition coefficient (Wildman–Crippen LogP) is 5.98. The van der Waals surface area contributed by atoms with Crippen LogP contribution in [0.25, 0.3) is 22.3 Å². The third-order valence-corrected chi connectivity index (χ3v) is 5.44. The van der Waals surface area contributed by atoms with Gasteiger partial charge in [-0.3, -0.25) is 4.98 Å². The average molecular weight is 532 g/mol.